The fourth-order valence-electron chi connectivity index (χ4n) is 1.96. The van der Waals surface area contributed by atoms with Crippen LogP contribution in [0.5, 0.6) is 0 Å². The van der Waals surface area contributed by atoms with Gasteiger partial charge in [-0.1, -0.05) is 19.8 Å². The molecule has 122 valence electrons. The third kappa shape index (κ3) is 5.21. The number of amides is 1. The van der Waals surface area contributed by atoms with Crippen LogP contribution in [0.4, 0.5) is 0 Å². The molecule has 2 rings (SSSR count). The topological polar surface area (TPSA) is 86.1 Å². The number of unbranched alkanes of at least 4 members (excludes halogenated alkanes) is 2. The van der Waals surface area contributed by atoms with E-state index in [0.29, 0.717) is 12.1 Å². The van der Waals surface area contributed by atoms with Gasteiger partial charge in [-0.15, -0.1) is 0 Å². The molecule has 1 N–H and O–H groups in total. The van der Waals surface area contributed by atoms with Gasteiger partial charge >= 0.3 is 5.97 Å². The molecule has 1 aromatic heterocycles. The fraction of sp³-hybridized carbons (Fsp3) is 0.375. The first kappa shape index (κ1) is 16.7. The Kier molecular flexibility index (Phi) is 6.28. The van der Waals surface area contributed by atoms with Crippen molar-refractivity contribution < 1.29 is 14.3 Å². The Morgan fingerprint density at radius 3 is 2.65 bits per heavy atom. The second-order valence-electron chi connectivity index (χ2n) is 5.02. The lowest BCUT2D eigenvalue weighted by atomic mass is 10.2. The number of esters is 1. The Morgan fingerprint density at radius 1 is 1.22 bits per heavy atom. The van der Waals surface area contributed by atoms with Gasteiger partial charge in [0.15, 0.2) is 6.61 Å². The Hall–Kier alpha value is -2.70. The van der Waals surface area contributed by atoms with Crippen molar-refractivity contribution in [1.82, 2.24) is 20.1 Å². The molecule has 0 aliphatic rings. The summed E-state index contributed by atoms with van der Waals surface area (Å²) in [6.45, 7) is 2.43. The minimum Gasteiger partial charge on any atom is -0.452 e. The van der Waals surface area contributed by atoms with Crippen molar-refractivity contribution >= 4 is 11.9 Å². The number of ether oxygens (including phenoxy) is 1. The van der Waals surface area contributed by atoms with Crippen LogP contribution in [0.25, 0.3) is 5.69 Å². The van der Waals surface area contributed by atoms with E-state index in [9.17, 15) is 9.59 Å². The zero-order valence-electron chi connectivity index (χ0n) is 13.1. The van der Waals surface area contributed by atoms with Gasteiger partial charge in [-0.05, 0) is 30.7 Å². The molecule has 7 heteroatoms. The third-order valence-electron chi connectivity index (χ3n) is 3.22. The zero-order chi connectivity index (χ0) is 16.5. The van der Waals surface area contributed by atoms with Gasteiger partial charge in [0.05, 0.1) is 11.3 Å². The van der Waals surface area contributed by atoms with E-state index < -0.39 is 5.97 Å². The SMILES string of the molecule is CCCCCNC(=O)COC(=O)c1ccc(-n2cncn2)cc1. The highest BCUT2D eigenvalue weighted by atomic mass is 16.5. The van der Waals surface area contributed by atoms with Gasteiger partial charge < -0.3 is 10.1 Å². The molecule has 0 aliphatic heterocycles. The molecule has 1 amide bonds. The van der Waals surface area contributed by atoms with Crippen molar-refractivity contribution in [1.29, 1.82) is 0 Å². The van der Waals surface area contributed by atoms with Crippen LogP contribution in [-0.4, -0.2) is 39.8 Å². The van der Waals surface area contributed by atoms with Crippen LogP contribution >= 0.6 is 0 Å². The summed E-state index contributed by atoms with van der Waals surface area (Å²) >= 11 is 0. The van der Waals surface area contributed by atoms with E-state index >= 15 is 0 Å². The third-order valence-corrected chi connectivity index (χ3v) is 3.22. The Bertz CT molecular complexity index is 623. The van der Waals surface area contributed by atoms with Crippen LogP contribution in [-0.2, 0) is 9.53 Å². The standard InChI is InChI=1S/C16H20N4O3/c1-2-3-4-9-18-15(21)10-23-16(22)13-5-7-14(8-6-13)20-12-17-11-19-20/h5-8,11-12H,2-4,9-10H2,1H3,(H,18,21). The maximum absolute atomic E-state index is 11.9. The second-order valence-corrected chi connectivity index (χ2v) is 5.02. The van der Waals surface area contributed by atoms with Crippen LogP contribution in [0.2, 0.25) is 0 Å². The van der Waals surface area contributed by atoms with Crippen LogP contribution < -0.4 is 5.32 Å². The predicted molar refractivity (Wildman–Crippen MR) is 84.2 cm³/mol. The highest BCUT2D eigenvalue weighted by molar-refractivity contribution is 5.91. The molecule has 0 radical (unpaired) electrons. The summed E-state index contributed by atoms with van der Waals surface area (Å²) in [5.41, 5.74) is 1.17. The number of rotatable bonds is 8. The largest absolute Gasteiger partial charge is 0.452 e. The first-order valence-electron chi connectivity index (χ1n) is 7.59. The van der Waals surface area contributed by atoms with Gasteiger partial charge in [0.25, 0.3) is 5.91 Å². The van der Waals surface area contributed by atoms with Crippen LogP contribution in [0.3, 0.4) is 0 Å². The summed E-state index contributed by atoms with van der Waals surface area (Å²) in [4.78, 5) is 27.3. The summed E-state index contributed by atoms with van der Waals surface area (Å²) in [5.74, 6) is -0.812. The molecule has 1 heterocycles. The molecule has 2 aromatic rings. The van der Waals surface area contributed by atoms with Gasteiger partial charge in [-0.3, -0.25) is 4.79 Å². The maximum atomic E-state index is 11.9. The normalized spacial score (nSPS) is 10.3. The quantitative estimate of drug-likeness (QED) is 0.592. The number of aromatic nitrogens is 3. The van der Waals surface area contributed by atoms with Gasteiger partial charge in [0.1, 0.15) is 12.7 Å². The highest BCUT2D eigenvalue weighted by Gasteiger charge is 2.10. The summed E-state index contributed by atoms with van der Waals surface area (Å²) in [7, 11) is 0. The van der Waals surface area contributed by atoms with E-state index in [0.717, 1.165) is 24.9 Å². The smallest absolute Gasteiger partial charge is 0.338 e. The van der Waals surface area contributed by atoms with E-state index in [4.69, 9.17) is 4.74 Å². The Morgan fingerprint density at radius 2 is 2.00 bits per heavy atom. The first-order valence-corrected chi connectivity index (χ1v) is 7.59. The molecule has 7 nitrogen and oxygen atoms in total. The molecular weight excluding hydrogens is 296 g/mol. The van der Waals surface area contributed by atoms with Crippen LogP contribution in [0, 0.1) is 0 Å². The monoisotopic (exact) mass is 316 g/mol. The number of hydrogen-bond acceptors (Lipinski definition) is 5. The summed E-state index contributed by atoms with van der Waals surface area (Å²) < 4.78 is 6.57. The first-order chi connectivity index (χ1) is 11.2. The fourth-order valence-corrected chi connectivity index (χ4v) is 1.96. The highest BCUT2D eigenvalue weighted by Crippen LogP contribution is 2.09. The number of carbonyl (C=O) groups is 2. The van der Waals surface area contributed by atoms with E-state index in [2.05, 4.69) is 22.3 Å². The van der Waals surface area contributed by atoms with Crippen molar-refractivity contribution in [2.75, 3.05) is 13.2 Å². The number of carbonyl (C=O) groups excluding carboxylic acids is 2. The summed E-state index contributed by atoms with van der Waals surface area (Å²) in [6, 6.07) is 6.71. The molecule has 0 saturated heterocycles. The average Bonchev–Trinajstić information content (AvgIpc) is 3.11. The number of nitrogens with one attached hydrogen (secondary N) is 1. The van der Waals surface area contributed by atoms with E-state index in [-0.39, 0.29) is 12.5 Å². The molecule has 1 aromatic carbocycles. The Labute approximate surface area is 134 Å². The average molecular weight is 316 g/mol. The molecule has 0 aliphatic carbocycles. The zero-order valence-corrected chi connectivity index (χ0v) is 13.1. The lowest BCUT2D eigenvalue weighted by Gasteiger charge is -2.07. The van der Waals surface area contributed by atoms with Crippen LogP contribution in [0.1, 0.15) is 36.5 Å². The van der Waals surface area contributed by atoms with Gasteiger partial charge in [-0.2, -0.15) is 5.10 Å². The van der Waals surface area contributed by atoms with Gasteiger partial charge in [-0.25, -0.2) is 14.5 Å². The molecule has 0 fully saturated rings. The molecular formula is C16H20N4O3. The molecule has 0 atom stereocenters. The van der Waals surface area contributed by atoms with E-state index in [1.54, 1.807) is 35.3 Å². The molecule has 23 heavy (non-hydrogen) atoms. The van der Waals surface area contributed by atoms with Crippen LogP contribution in [0.15, 0.2) is 36.9 Å². The minimum atomic E-state index is -0.529. The van der Waals surface area contributed by atoms with Crippen molar-refractivity contribution in [3.63, 3.8) is 0 Å². The number of nitrogens with zero attached hydrogens (tertiary/aromatic N) is 3. The lowest BCUT2D eigenvalue weighted by Crippen LogP contribution is -2.29. The lowest BCUT2D eigenvalue weighted by molar-refractivity contribution is -0.124. The number of hydrogen-bond donors (Lipinski definition) is 1. The van der Waals surface area contributed by atoms with E-state index in [1.165, 1.54) is 6.33 Å². The van der Waals surface area contributed by atoms with Crippen molar-refractivity contribution in [2.24, 2.45) is 0 Å². The maximum Gasteiger partial charge on any atom is 0.338 e. The second kappa shape index (κ2) is 8.67. The Balaban J connectivity index is 1.78. The van der Waals surface area contributed by atoms with Crippen molar-refractivity contribution in [2.45, 2.75) is 26.2 Å². The predicted octanol–water partition coefficient (Wildman–Crippen LogP) is 1.73. The molecule has 0 bridgehead atoms. The van der Waals surface area contributed by atoms with E-state index in [1.807, 2.05) is 0 Å². The van der Waals surface area contributed by atoms with Crippen molar-refractivity contribution in [3.05, 3.63) is 42.5 Å². The van der Waals surface area contributed by atoms with Crippen molar-refractivity contribution in [3.8, 4) is 5.69 Å². The molecule has 0 spiro atoms. The minimum absolute atomic E-state index is 0.268. The van der Waals surface area contributed by atoms with Gasteiger partial charge in [0.2, 0.25) is 0 Å². The summed E-state index contributed by atoms with van der Waals surface area (Å²) in [6.07, 6.45) is 6.09. The number of benzene rings is 1. The molecule has 0 saturated carbocycles. The molecule has 0 unspecified atom stereocenters. The van der Waals surface area contributed by atoms with Gasteiger partial charge in [0, 0.05) is 6.54 Å². The summed E-state index contributed by atoms with van der Waals surface area (Å²) in [5, 5.41) is 6.72.